The zero-order valence-corrected chi connectivity index (χ0v) is 15.3. The second-order valence-electron chi connectivity index (χ2n) is 6.04. The van der Waals surface area contributed by atoms with E-state index in [4.69, 9.17) is 4.42 Å². The molecular formula is C19H23N3O3S. The summed E-state index contributed by atoms with van der Waals surface area (Å²) in [5.74, 6) is 2.32. The van der Waals surface area contributed by atoms with Crippen molar-refractivity contribution in [1.82, 2.24) is 15.5 Å². The van der Waals surface area contributed by atoms with Crippen molar-refractivity contribution < 1.29 is 14.0 Å². The van der Waals surface area contributed by atoms with E-state index >= 15 is 0 Å². The van der Waals surface area contributed by atoms with Crippen LogP contribution in [0.3, 0.4) is 0 Å². The second kappa shape index (κ2) is 9.45. The highest BCUT2D eigenvalue weighted by Crippen LogP contribution is 2.24. The molecule has 3 rings (SSSR count). The van der Waals surface area contributed by atoms with E-state index in [0.29, 0.717) is 12.3 Å². The topological polar surface area (TPSA) is 74.6 Å². The van der Waals surface area contributed by atoms with Crippen LogP contribution in [0.1, 0.15) is 17.4 Å². The molecule has 1 saturated heterocycles. The van der Waals surface area contributed by atoms with Crippen molar-refractivity contribution >= 4 is 23.6 Å². The maximum Gasteiger partial charge on any atom is 0.242 e. The summed E-state index contributed by atoms with van der Waals surface area (Å²) in [7, 11) is 0. The van der Waals surface area contributed by atoms with Crippen molar-refractivity contribution in [1.29, 1.82) is 0 Å². The number of nitrogens with zero attached hydrogens (tertiary/aromatic N) is 1. The lowest BCUT2D eigenvalue weighted by molar-refractivity contribution is -0.129. The van der Waals surface area contributed by atoms with E-state index in [-0.39, 0.29) is 24.4 Å². The maximum absolute atomic E-state index is 12.8. The molecule has 6 nitrogen and oxygen atoms in total. The number of amides is 2. The summed E-state index contributed by atoms with van der Waals surface area (Å²) in [6.07, 6.45) is 1.56. The molecule has 0 spiro atoms. The quantitative estimate of drug-likeness (QED) is 0.774. The summed E-state index contributed by atoms with van der Waals surface area (Å²) < 4.78 is 5.17. The molecule has 0 aliphatic carbocycles. The van der Waals surface area contributed by atoms with Gasteiger partial charge >= 0.3 is 0 Å². The Labute approximate surface area is 157 Å². The Balaban J connectivity index is 1.57. The van der Waals surface area contributed by atoms with Crippen molar-refractivity contribution in [3.8, 4) is 0 Å². The van der Waals surface area contributed by atoms with E-state index < -0.39 is 0 Å². The SMILES string of the molecule is O=C(CNC(=O)[C@H](c1ccccc1)N1CCSCC1)NCc1ccco1. The van der Waals surface area contributed by atoms with E-state index in [1.54, 1.807) is 18.4 Å². The van der Waals surface area contributed by atoms with Gasteiger partial charge in [-0.25, -0.2) is 0 Å². The maximum atomic E-state index is 12.8. The summed E-state index contributed by atoms with van der Waals surface area (Å²) in [6, 6.07) is 12.9. The molecule has 138 valence electrons. The minimum atomic E-state index is -0.366. The average Bonchev–Trinajstić information content (AvgIpc) is 3.20. The van der Waals surface area contributed by atoms with Crippen LogP contribution in [0, 0.1) is 0 Å². The molecule has 2 heterocycles. The van der Waals surface area contributed by atoms with Gasteiger partial charge in [0.15, 0.2) is 0 Å². The third-order valence-electron chi connectivity index (χ3n) is 4.24. The molecule has 0 saturated carbocycles. The zero-order valence-electron chi connectivity index (χ0n) is 14.5. The van der Waals surface area contributed by atoms with Gasteiger partial charge in [-0.15, -0.1) is 0 Å². The third-order valence-corrected chi connectivity index (χ3v) is 5.18. The number of thioether (sulfide) groups is 1. The van der Waals surface area contributed by atoms with Crippen molar-refractivity contribution in [2.24, 2.45) is 0 Å². The van der Waals surface area contributed by atoms with Crippen LogP contribution >= 0.6 is 11.8 Å². The number of hydrogen-bond acceptors (Lipinski definition) is 5. The van der Waals surface area contributed by atoms with Gasteiger partial charge in [-0.1, -0.05) is 30.3 Å². The second-order valence-corrected chi connectivity index (χ2v) is 7.26. The van der Waals surface area contributed by atoms with E-state index in [2.05, 4.69) is 15.5 Å². The van der Waals surface area contributed by atoms with Gasteiger partial charge < -0.3 is 15.1 Å². The molecule has 0 bridgehead atoms. The lowest BCUT2D eigenvalue weighted by Crippen LogP contribution is -2.46. The average molecular weight is 373 g/mol. The Morgan fingerprint density at radius 3 is 2.54 bits per heavy atom. The van der Waals surface area contributed by atoms with Gasteiger partial charge in [-0.2, -0.15) is 11.8 Å². The van der Waals surface area contributed by atoms with Crippen molar-refractivity contribution in [3.63, 3.8) is 0 Å². The lowest BCUT2D eigenvalue weighted by atomic mass is 10.0. The molecule has 1 aromatic carbocycles. The lowest BCUT2D eigenvalue weighted by Gasteiger charge is -2.33. The Kier molecular flexibility index (Phi) is 6.74. The van der Waals surface area contributed by atoms with Crippen molar-refractivity contribution in [2.45, 2.75) is 12.6 Å². The molecule has 2 aromatic rings. The first kappa shape index (κ1) is 18.5. The monoisotopic (exact) mass is 373 g/mol. The van der Waals surface area contributed by atoms with Crippen LogP contribution in [0.25, 0.3) is 0 Å². The molecule has 1 aromatic heterocycles. The highest BCUT2D eigenvalue weighted by Gasteiger charge is 2.28. The van der Waals surface area contributed by atoms with E-state index in [9.17, 15) is 9.59 Å². The molecule has 0 unspecified atom stereocenters. The first-order valence-corrected chi connectivity index (χ1v) is 9.83. The molecule has 26 heavy (non-hydrogen) atoms. The largest absolute Gasteiger partial charge is 0.467 e. The zero-order chi connectivity index (χ0) is 18.2. The summed E-state index contributed by atoms with van der Waals surface area (Å²) >= 11 is 1.90. The number of benzene rings is 1. The van der Waals surface area contributed by atoms with Crippen LogP contribution in [0.15, 0.2) is 53.1 Å². The van der Waals surface area contributed by atoms with Crippen molar-refractivity contribution in [2.75, 3.05) is 31.1 Å². The fourth-order valence-corrected chi connectivity index (χ4v) is 3.86. The fourth-order valence-electron chi connectivity index (χ4n) is 2.92. The van der Waals surface area contributed by atoms with Gasteiger partial charge in [0, 0.05) is 24.6 Å². The Bertz CT molecular complexity index is 700. The van der Waals surface area contributed by atoms with E-state index in [1.165, 1.54) is 0 Å². The number of carbonyl (C=O) groups is 2. The number of rotatable bonds is 7. The van der Waals surface area contributed by atoms with Crippen LogP contribution in [0.5, 0.6) is 0 Å². The highest BCUT2D eigenvalue weighted by molar-refractivity contribution is 7.99. The molecule has 2 N–H and O–H groups in total. The van der Waals surface area contributed by atoms with Crippen LogP contribution in [-0.4, -0.2) is 47.9 Å². The van der Waals surface area contributed by atoms with Crippen LogP contribution < -0.4 is 10.6 Å². The van der Waals surface area contributed by atoms with E-state index in [1.807, 2.05) is 42.1 Å². The minimum absolute atomic E-state index is 0.0501. The summed E-state index contributed by atoms with van der Waals surface area (Å²) in [5, 5.41) is 5.51. The molecular weight excluding hydrogens is 350 g/mol. The highest BCUT2D eigenvalue weighted by atomic mass is 32.2. The first-order valence-electron chi connectivity index (χ1n) is 8.67. The Morgan fingerprint density at radius 1 is 1.08 bits per heavy atom. The van der Waals surface area contributed by atoms with Gasteiger partial charge in [0.1, 0.15) is 11.8 Å². The smallest absolute Gasteiger partial charge is 0.242 e. The van der Waals surface area contributed by atoms with Gasteiger partial charge in [0.05, 0.1) is 19.4 Å². The molecule has 1 atom stereocenters. The fraction of sp³-hybridized carbons (Fsp3) is 0.368. The summed E-state index contributed by atoms with van der Waals surface area (Å²) in [5.41, 5.74) is 0.952. The summed E-state index contributed by atoms with van der Waals surface area (Å²) in [6.45, 7) is 1.99. The molecule has 2 amide bonds. The van der Waals surface area contributed by atoms with Crippen LogP contribution in [0.4, 0.5) is 0 Å². The van der Waals surface area contributed by atoms with Crippen LogP contribution in [0.2, 0.25) is 0 Å². The van der Waals surface area contributed by atoms with Gasteiger partial charge in [-0.05, 0) is 17.7 Å². The minimum Gasteiger partial charge on any atom is -0.467 e. The van der Waals surface area contributed by atoms with Gasteiger partial charge in [0.2, 0.25) is 11.8 Å². The van der Waals surface area contributed by atoms with Gasteiger partial charge in [-0.3, -0.25) is 14.5 Å². The predicted octanol–water partition coefficient (Wildman–Crippen LogP) is 1.80. The van der Waals surface area contributed by atoms with Crippen LogP contribution in [-0.2, 0) is 16.1 Å². The molecule has 1 fully saturated rings. The predicted molar refractivity (Wildman–Crippen MR) is 102 cm³/mol. The Hall–Kier alpha value is -2.25. The Morgan fingerprint density at radius 2 is 1.85 bits per heavy atom. The third kappa shape index (κ3) is 5.12. The standard InChI is InChI=1S/C19H23N3O3S/c23-17(20-13-16-7-4-10-25-16)14-21-19(24)18(15-5-2-1-3-6-15)22-8-11-26-12-9-22/h1-7,10,18H,8-9,11-14H2,(H,20,23)(H,21,24)/t18-/m0/s1. The molecule has 1 aliphatic heterocycles. The number of carbonyl (C=O) groups excluding carboxylic acids is 2. The molecule has 7 heteroatoms. The first-order chi connectivity index (χ1) is 12.7. The summed E-state index contributed by atoms with van der Waals surface area (Å²) in [4.78, 5) is 27.0. The van der Waals surface area contributed by atoms with E-state index in [0.717, 1.165) is 30.2 Å². The molecule has 1 aliphatic rings. The molecule has 0 radical (unpaired) electrons. The normalized spacial score (nSPS) is 16.0. The van der Waals surface area contributed by atoms with Gasteiger partial charge in [0.25, 0.3) is 0 Å². The number of hydrogen-bond donors (Lipinski definition) is 2. The number of nitrogens with one attached hydrogen (secondary N) is 2. The number of furan rings is 1. The van der Waals surface area contributed by atoms with Crippen molar-refractivity contribution in [3.05, 3.63) is 60.1 Å².